The van der Waals surface area contributed by atoms with Crippen LogP contribution in [0.25, 0.3) is 0 Å². The number of nitrogens with two attached hydrogens (primary N) is 1. The average Bonchev–Trinajstić information content (AvgIpc) is 2.94. The largest absolute Gasteiger partial charge is 0.493 e. The second-order valence-electron chi connectivity index (χ2n) is 5.91. The van der Waals surface area contributed by atoms with E-state index in [2.05, 4.69) is 0 Å². The fraction of sp³-hybridized carbons (Fsp3) is 0.600. The van der Waals surface area contributed by atoms with Crippen molar-refractivity contribution in [3.05, 3.63) is 23.8 Å². The molecule has 1 aromatic carbocycles. The van der Waals surface area contributed by atoms with Crippen molar-refractivity contribution in [2.75, 3.05) is 13.2 Å². The molecule has 116 valence electrons. The smallest absolute Gasteiger partial charge is 0.243 e. The molecule has 0 amide bonds. The van der Waals surface area contributed by atoms with Gasteiger partial charge in [-0.2, -0.15) is 4.31 Å². The maximum atomic E-state index is 12.9. The predicted octanol–water partition coefficient (Wildman–Crippen LogP) is 1.51. The van der Waals surface area contributed by atoms with Gasteiger partial charge in [0.05, 0.1) is 11.5 Å². The first kappa shape index (κ1) is 14.8. The third-order valence-electron chi connectivity index (χ3n) is 4.37. The number of fused-ring (bicyclic) bond motifs is 1. The molecule has 0 radical (unpaired) electrons. The van der Waals surface area contributed by atoms with Crippen LogP contribution in [0, 0.1) is 0 Å². The van der Waals surface area contributed by atoms with E-state index in [0.717, 1.165) is 37.0 Å². The SMILES string of the molecule is CC(N)C1CCCCN1S(=O)(=O)c1ccc2c(c1)CCO2. The Labute approximate surface area is 126 Å². The van der Waals surface area contributed by atoms with Crippen LogP contribution in [0.3, 0.4) is 0 Å². The van der Waals surface area contributed by atoms with Crippen LogP contribution in [0.1, 0.15) is 31.7 Å². The Morgan fingerprint density at radius 2 is 2.19 bits per heavy atom. The van der Waals surface area contributed by atoms with Crippen LogP contribution >= 0.6 is 0 Å². The maximum absolute atomic E-state index is 12.9. The molecule has 2 atom stereocenters. The molecule has 0 saturated carbocycles. The van der Waals surface area contributed by atoms with Gasteiger partial charge in [-0.05, 0) is 43.5 Å². The third-order valence-corrected chi connectivity index (χ3v) is 6.29. The molecule has 2 N–H and O–H groups in total. The average molecular weight is 310 g/mol. The van der Waals surface area contributed by atoms with Gasteiger partial charge in [-0.25, -0.2) is 8.42 Å². The summed E-state index contributed by atoms with van der Waals surface area (Å²) >= 11 is 0. The summed E-state index contributed by atoms with van der Waals surface area (Å²) in [5.74, 6) is 0.802. The van der Waals surface area contributed by atoms with Gasteiger partial charge >= 0.3 is 0 Å². The Morgan fingerprint density at radius 3 is 2.95 bits per heavy atom. The second kappa shape index (κ2) is 5.59. The van der Waals surface area contributed by atoms with Crippen LogP contribution in [0.5, 0.6) is 5.75 Å². The fourth-order valence-electron chi connectivity index (χ4n) is 3.21. The topological polar surface area (TPSA) is 72.6 Å². The van der Waals surface area contributed by atoms with Crippen LogP contribution < -0.4 is 10.5 Å². The van der Waals surface area contributed by atoms with E-state index in [4.69, 9.17) is 10.5 Å². The van der Waals surface area contributed by atoms with E-state index in [-0.39, 0.29) is 12.1 Å². The number of hydrogen-bond donors (Lipinski definition) is 1. The van der Waals surface area contributed by atoms with Crippen molar-refractivity contribution < 1.29 is 13.2 Å². The van der Waals surface area contributed by atoms with Crippen molar-refractivity contribution in [2.45, 2.75) is 49.6 Å². The molecule has 5 nitrogen and oxygen atoms in total. The minimum Gasteiger partial charge on any atom is -0.493 e. The van der Waals surface area contributed by atoms with Gasteiger partial charge in [-0.1, -0.05) is 6.42 Å². The number of rotatable bonds is 3. The third kappa shape index (κ3) is 2.67. The lowest BCUT2D eigenvalue weighted by molar-refractivity contribution is 0.227. The van der Waals surface area contributed by atoms with Crippen LogP contribution in [0.2, 0.25) is 0 Å². The molecule has 0 aliphatic carbocycles. The molecule has 1 saturated heterocycles. The molecule has 2 heterocycles. The van der Waals surface area contributed by atoms with Gasteiger partial charge in [-0.3, -0.25) is 0 Å². The van der Waals surface area contributed by atoms with Gasteiger partial charge in [0.15, 0.2) is 0 Å². The van der Waals surface area contributed by atoms with Gasteiger partial charge in [0.1, 0.15) is 5.75 Å². The van der Waals surface area contributed by atoms with E-state index < -0.39 is 10.0 Å². The van der Waals surface area contributed by atoms with Gasteiger partial charge < -0.3 is 10.5 Å². The number of sulfonamides is 1. The van der Waals surface area contributed by atoms with Crippen molar-refractivity contribution in [3.8, 4) is 5.75 Å². The lowest BCUT2D eigenvalue weighted by atomic mass is 10.00. The lowest BCUT2D eigenvalue weighted by Gasteiger charge is -2.36. The summed E-state index contributed by atoms with van der Waals surface area (Å²) in [4.78, 5) is 0.360. The zero-order valence-corrected chi connectivity index (χ0v) is 13.1. The van der Waals surface area contributed by atoms with E-state index in [1.807, 2.05) is 6.92 Å². The molecule has 2 aliphatic rings. The lowest BCUT2D eigenvalue weighted by Crippen LogP contribution is -2.51. The number of nitrogens with zero attached hydrogens (tertiary/aromatic N) is 1. The Bertz CT molecular complexity index is 628. The van der Waals surface area contributed by atoms with E-state index in [1.165, 1.54) is 0 Å². The highest BCUT2D eigenvalue weighted by Gasteiger charge is 2.35. The molecule has 0 bridgehead atoms. The molecule has 1 aromatic rings. The minimum absolute atomic E-state index is 0.103. The molecule has 2 unspecified atom stereocenters. The standard InChI is InChI=1S/C15H22N2O3S/c1-11(16)14-4-2-3-8-17(14)21(18,19)13-5-6-15-12(10-13)7-9-20-15/h5-6,10-11,14H,2-4,7-9,16H2,1H3. The normalized spacial score (nSPS) is 24.4. The molecule has 3 rings (SSSR count). The zero-order chi connectivity index (χ0) is 15.0. The quantitative estimate of drug-likeness (QED) is 0.918. The minimum atomic E-state index is -3.48. The summed E-state index contributed by atoms with van der Waals surface area (Å²) in [5.41, 5.74) is 6.97. The number of piperidine rings is 1. The highest BCUT2D eigenvalue weighted by atomic mass is 32.2. The second-order valence-corrected chi connectivity index (χ2v) is 7.80. The van der Waals surface area contributed by atoms with E-state index in [0.29, 0.717) is 18.0 Å². The molecule has 1 fully saturated rings. The van der Waals surface area contributed by atoms with Crippen LogP contribution in [-0.2, 0) is 16.4 Å². The van der Waals surface area contributed by atoms with Crippen molar-refractivity contribution in [1.82, 2.24) is 4.31 Å². The van der Waals surface area contributed by atoms with Crippen LogP contribution in [-0.4, -0.2) is 38.0 Å². The van der Waals surface area contributed by atoms with E-state index in [9.17, 15) is 8.42 Å². The molecule has 6 heteroatoms. The Kier molecular flexibility index (Phi) is 3.94. The first-order valence-electron chi connectivity index (χ1n) is 7.53. The number of benzene rings is 1. The first-order valence-corrected chi connectivity index (χ1v) is 8.97. The fourth-order valence-corrected chi connectivity index (χ4v) is 5.04. The molecular weight excluding hydrogens is 288 g/mol. The summed E-state index contributed by atoms with van der Waals surface area (Å²) in [6, 6.07) is 4.91. The van der Waals surface area contributed by atoms with Crippen molar-refractivity contribution in [1.29, 1.82) is 0 Å². The van der Waals surface area contributed by atoms with Gasteiger partial charge in [0.25, 0.3) is 0 Å². The Balaban J connectivity index is 1.95. The van der Waals surface area contributed by atoms with Gasteiger partial charge in [0, 0.05) is 25.0 Å². The molecule has 0 spiro atoms. The molecular formula is C15H22N2O3S. The first-order chi connectivity index (χ1) is 10.00. The summed E-state index contributed by atoms with van der Waals surface area (Å²) in [7, 11) is -3.48. The highest BCUT2D eigenvalue weighted by Crippen LogP contribution is 2.31. The van der Waals surface area contributed by atoms with E-state index in [1.54, 1.807) is 22.5 Å². The summed E-state index contributed by atoms with van der Waals surface area (Å²) in [5, 5.41) is 0. The zero-order valence-electron chi connectivity index (χ0n) is 12.3. The van der Waals surface area contributed by atoms with Crippen LogP contribution in [0.4, 0.5) is 0 Å². The van der Waals surface area contributed by atoms with Crippen molar-refractivity contribution >= 4 is 10.0 Å². The summed E-state index contributed by atoms with van der Waals surface area (Å²) in [6.07, 6.45) is 3.55. The van der Waals surface area contributed by atoms with Gasteiger partial charge in [-0.15, -0.1) is 0 Å². The Hall–Kier alpha value is -1.11. The monoisotopic (exact) mass is 310 g/mol. The van der Waals surface area contributed by atoms with E-state index >= 15 is 0 Å². The summed E-state index contributed by atoms with van der Waals surface area (Å²) < 4.78 is 32.9. The number of hydrogen-bond acceptors (Lipinski definition) is 4. The van der Waals surface area contributed by atoms with Crippen molar-refractivity contribution in [2.24, 2.45) is 5.73 Å². The molecule has 2 aliphatic heterocycles. The van der Waals surface area contributed by atoms with Crippen molar-refractivity contribution in [3.63, 3.8) is 0 Å². The van der Waals surface area contributed by atoms with Gasteiger partial charge in [0.2, 0.25) is 10.0 Å². The predicted molar refractivity (Wildman–Crippen MR) is 80.8 cm³/mol. The highest BCUT2D eigenvalue weighted by molar-refractivity contribution is 7.89. The molecule has 21 heavy (non-hydrogen) atoms. The Morgan fingerprint density at radius 1 is 1.38 bits per heavy atom. The van der Waals surface area contributed by atoms with Crippen LogP contribution in [0.15, 0.2) is 23.1 Å². The molecule has 0 aromatic heterocycles. The maximum Gasteiger partial charge on any atom is 0.243 e. The number of ether oxygens (including phenoxy) is 1. The summed E-state index contributed by atoms with van der Waals surface area (Å²) in [6.45, 7) is 3.07.